The molecule has 2 N–H and O–H groups in total. The molecule has 3 aromatic rings. The quantitative estimate of drug-likeness (QED) is 0.513. The Bertz CT molecular complexity index is 1080. The first-order valence-electron chi connectivity index (χ1n) is 9.94. The highest BCUT2D eigenvalue weighted by molar-refractivity contribution is 9.10. The van der Waals surface area contributed by atoms with Crippen LogP contribution in [0.4, 0.5) is 0 Å². The van der Waals surface area contributed by atoms with E-state index in [9.17, 15) is 9.59 Å². The Kier molecular flexibility index (Phi) is 6.31. The summed E-state index contributed by atoms with van der Waals surface area (Å²) >= 11 is 3.42. The van der Waals surface area contributed by atoms with E-state index < -0.39 is 5.91 Å². The van der Waals surface area contributed by atoms with Gasteiger partial charge in [0.15, 0.2) is 5.69 Å². The number of methoxy groups -OCH3 is 1. The Morgan fingerprint density at radius 3 is 2.45 bits per heavy atom. The average molecular weight is 484 g/mol. The lowest BCUT2D eigenvalue weighted by atomic mass is 10.2. The second-order valence-corrected chi connectivity index (χ2v) is 8.21. The fourth-order valence-corrected chi connectivity index (χ4v) is 3.46. The van der Waals surface area contributed by atoms with Crippen molar-refractivity contribution >= 4 is 27.7 Å². The number of rotatable bonds is 8. The molecule has 0 aliphatic heterocycles. The maximum absolute atomic E-state index is 12.7. The van der Waals surface area contributed by atoms with E-state index in [0.29, 0.717) is 6.54 Å². The predicted molar refractivity (Wildman–Crippen MR) is 118 cm³/mol. The predicted octanol–water partition coefficient (Wildman–Crippen LogP) is 2.96. The highest BCUT2D eigenvalue weighted by atomic mass is 79.9. The molecule has 0 saturated heterocycles. The normalized spacial score (nSPS) is 13.0. The topological polar surface area (TPSA) is 98.1 Å². The van der Waals surface area contributed by atoms with E-state index in [1.165, 1.54) is 0 Å². The lowest BCUT2D eigenvalue weighted by Gasteiger charge is -2.09. The molecule has 31 heavy (non-hydrogen) atoms. The van der Waals surface area contributed by atoms with Crippen molar-refractivity contribution in [3.8, 4) is 11.4 Å². The van der Waals surface area contributed by atoms with Crippen molar-refractivity contribution in [2.24, 2.45) is 0 Å². The summed E-state index contributed by atoms with van der Waals surface area (Å²) in [5.41, 5.74) is 2.84. The van der Waals surface area contributed by atoms with Crippen LogP contribution < -0.4 is 15.4 Å². The largest absolute Gasteiger partial charge is 0.497 e. The molecular weight excluding hydrogens is 462 g/mol. The van der Waals surface area contributed by atoms with Gasteiger partial charge in [-0.1, -0.05) is 33.3 Å². The third-order valence-corrected chi connectivity index (χ3v) is 5.54. The molecule has 4 rings (SSSR count). The number of aromatic nitrogens is 3. The molecule has 160 valence electrons. The number of carbonyl (C=O) groups excluding carboxylic acids is 2. The lowest BCUT2D eigenvalue weighted by Crippen LogP contribution is -2.37. The molecule has 2 aromatic carbocycles. The summed E-state index contributed by atoms with van der Waals surface area (Å²) in [4.78, 5) is 24.9. The van der Waals surface area contributed by atoms with Gasteiger partial charge in [0.05, 0.1) is 25.0 Å². The van der Waals surface area contributed by atoms with Crippen molar-refractivity contribution < 1.29 is 14.3 Å². The van der Waals surface area contributed by atoms with Gasteiger partial charge in [0.1, 0.15) is 5.75 Å². The van der Waals surface area contributed by atoms with Gasteiger partial charge in [0.2, 0.25) is 5.91 Å². The van der Waals surface area contributed by atoms with Crippen molar-refractivity contribution in [3.05, 3.63) is 70.0 Å². The summed E-state index contributed by atoms with van der Waals surface area (Å²) in [5, 5.41) is 13.7. The Morgan fingerprint density at radius 2 is 1.81 bits per heavy atom. The monoisotopic (exact) mass is 483 g/mol. The van der Waals surface area contributed by atoms with Crippen LogP contribution in [-0.4, -0.2) is 40.5 Å². The van der Waals surface area contributed by atoms with E-state index >= 15 is 0 Å². The molecule has 0 unspecified atom stereocenters. The summed E-state index contributed by atoms with van der Waals surface area (Å²) in [5.74, 6) is 0.329. The van der Waals surface area contributed by atoms with Crippen LogP contribution in [0.15, 0.2) is 53.0 Å². The molecule has 9 heteroatoms. The molecule has 1 heterocycles. The Labute approximate surface area is 188 Å². The van der Waals surface area contributed by atoms with Gasteiger partial charge in [-0.2, -0.15) is 0 Å². The first-order valence-corrected chi connectivity index (χ1v) is 10.7. The maximum Gasteiger partial charge on any atom is 0.274 e. The van der Waals surface area contributed by atoms with Crippen LogP contribution in [0.3, 0.4) is 0 Å². The number of nitrogens with zero attached hydrogens (tertiary/aromatic N) is 3. The van der Waals surface area contributed by atoms with Crippen LogP contribution in [0.5, 0.6) is 5.75 Å². The Morgan fingerprint density at radius 1 is 1.10 bits per heavy atom. The average Bonchev–Trinajstić information content (AvgIpc) is 3.54. The fraction of sp³-hybridized carbons (Fsp3) is 0.273. The molecule has 1 fully saturated rings. The van der Waals surface area contributed by atoms with Gasteiger partial charge in [0, 0.05) is 16.9 Å². The lowest BCUT2D eigenvalue weighted by molar-refractivity contribution is -0.120. The molecule has 8 nitrogen and oxygen atoms in total. The SMILES string of the molecule is COc1ccc(CNC(=O)CNC(=O)c2nnn(-c3ccc(Br)cc3)c2C2CC2)cc1. The minimum absolute atomic E-state index is 0.135. The summed E-state index contributed by atoms with van der Waals surface area (Å²) in [6.45, 7) is 0.232. The number of ether oxygens (including phenoxy) is 1. The van der Waals surface area contributed by atoms with Crippen LogP contribution in [0.1, 0.15) is 40.5 Å². The number of hydrogen-bond donors (Lipinski definition) is 2. The molecule has 0 spiro atoms. The standard InChI is InChI=1S/C22H22BrN5O3/c1-31-18-10-2-14(3-11-18)12-24-19(29)13-25-22(30)20-21(15-4-5-15)28(27-26-20)17-8-6-16(23)7-9-17/h2-3,6-11,15H,4-5,12-13H2,1H3,(H,24,29)(H,25,30). The summed E-state index contributed by atoms with van der Waals surface area (Å²) in [6.07, 6.45) is 1.99. The Balaban J connectivity index is 1.37. The van der Waals surface area contributed by atoms with Crippen LogP contribution in [0.2, 0.25) is 0 Å². The van der Waals surface area contributed by atoms with Crippen molar-refractivity contribution in [1.82, 2.24) is 25.6 Å². The molecule has 1 aromatic heterocycles. The molecule has 0 radical (unpaired) electrons. The number of carbonyl (C=O) groups is 2. The Hall–Kier alpha value is -3.20. The zero-order valence-electron chi connectivity index (χ0n) is 17.0. The van der Waals surface area contributed by atoms with Gasteiger partial charge in [-0.05, 0) is 54.8 Å². The van der Waals surface area contributed by atoms with E-state index in [4.69, 9.17) is 4.74 Å². The number of amides is 2. The number of benzene rings is 2. The first kappa shape index (κ1) is 21.0. The van der Waals surface area contributed by atoms with Gasteiger partial charge in [-0.15, -0.1) is 5.10 Å². The minimum Gasteiger partial charge on any atom is -0.497 e. The van der Waals surface area contributed by atoms with Crippen molar-refractivity contribution in [2.75, 3.05) is 13.7 Å². The zero-order chi connectivity index (χ0) is 21.8. The number of halogens is 1. The van der Waals surface area contributed by atoms with Gasteiger partial charge in [-0.3, -0.25) is 9.59 Å². The highest BCUT2D eigenvalue weighted by Gasteiger charge is 2.34. The van der Waals surface area contributed by atoms with Crippen LogP contribution in [-0.2, 0) is 11.3 Å². The van der Waals surface area contributed by atoms with E-state index in [1.807, 2.05) is 48.5 Å². The van der Waals surface area contributed by atoms with Crippen molar-refractivity contribution in [3.63, 3.8) is 0 Å². The van der Waals surface area contributed by atoms with E-state index in [1.54, 1.807) is 11.8 Å². The van der Waals surface area contributed by atoms with Crippen molar-refractivity contribution in [2.45, 2.75) is 25.3 Å². The molecule has 1 aliphatic rings. The molecule has 1 saturated carbocycles. The van der Waals surface area contributed by atoms with Gasteiger partial charge < -0.3 is 15.4 Å². The molecule has 1 aliphatic carbocycles. The minimum atomic E-state index is -0.398. The van der Waals surface area contributed by atoms with Gasteiger partial charge in [0.25, 0.3) is 5.91 Å². The smallest absolute Gasteiger partial charge is 0.274 e. The number of hydrogen-bond acceptors (Lipinski definition) is 5. The van der Waals surface area contributed by atoms with Gasteiger partial charge >= 0.3 is 0 Å². The summed E-state index contributed by atoms with van der Waals surface area (Å²) in [6, 6.07) is 15.1. The van der Waals surface area contributed by atoms with E-state index in [0.717, 1.165) is 40.0 Å². The second kappa shape index (κ2) is 9.30. The van der Waals surface area contributed by atoms with Gasteiger partial charge in [-0.25, -0.2) is 4.68 Å². The molecule has 0 atom stereocenters. The molecule has 2 amide bonds. The molecule has 0 bridgehead atoms. The third kappa shape index (κ3) is 5.11. The third-order valence-electron chi connectivity index (χ3n) is 5.01. The van der Waals surface area contributed by atoms with E-state index in [2.05, 4.69) is 36.9 Å². The first-order chi connectivity index (χ1) is 15.0. The van der Waals surface area contributed by atoms with Crippen LogP contribution >= 0.6 is 15.9 Å². The summed E-state index contributed by atoms with van der Waals surface area (Å²) in [7, 11) is 1.60. The highest BCUT2D eigenvalue weighted by Crippen LogP contribution is 2.42. The summed E-state index contributed by atoms with van der Waals surface area (Å²) < 4.78 is 7.79. The molecular formula is C22H22BrN5O3. The number of nitrogens with one attached hydrogen (secondary N) is 2. The van der Waals surface area contributed by atoms with Crippen LogP contribution in [0, 0.1) is 0 Å². The van der Waals surface area contributed by atoms with Crippen molar-refractivity contribution in [1.29, 1.82) is 0 Å². The van der Waals surface area contributed by atoms with Crippen LogP contribution in [0.25, 0.3) is 5.69 Å². The maximum atomic E-state index is 12.7. The zero-order valence-corrected chi connectivity index (χ0v) is 18.6. The second-order valence-electron chi connectivity index (χ2n) is 7.29. The fourth-order valence-electron chi connectivity index (χ4n) is 3.20. The van der Waals surface area contributed by atoms with E-state index in [-0.39, 0.29) is 24.1 Å².